The second-order valence-electron chi connectivity index (χ2n) is 3.09. The summed E-state index contributed by atoms with van der Waals surface area (Å²) in [5, 5.41) is 5.61. The van der Waals surface area contributed by atoms with Gasteiger partial charge in [-0.1, -0.05) is 18.2 Å². The number of benzene rings is 1. The Labute approximate surface area is 77.2 Å². The third-order valence-corrected chi connectivity index (χ3v) is 2.05. The number of fused-ring (bicyclic) bond motifs is 1. The number of hydrogen-bond acceptors (Lipinski definition) is 2. The molecule has 1 heterocycles. The van der Waals surface area contributed by atoms with E-state index in [4.69, 9.17) is 5.73 Å². The predicted octanol–water partition coefficient (Wildman–Crippen LogP) is 1.39. The average molecular weight is 175 g/mol. The lowest BCUT2D eigenvalue weighted by atomic mass is 10.3. The lowest BCUT2D eigenvalue weighted by Crippen LogP contribution is -2.05. The van der Waals surface area contributed by atoms with Crippen LogP contribution >= 0.6 is 0 Å². The summed E-state index contributed by atoms with van der Waals surface area (Å²) < 4.78 is 1.96. The first-order valence-electron chi connectivity index (χ1n) is 4.52. The van der Waals surface area contributed by atoms with Crippen molar-refractivity contribution in [2.75, 3.05) is 6.54 Å². The highest BCUT2D eigenvalue weighted by molar-refractivity contribution is 5.77. The summed E-state index contributed by atoms with van der Waals surface area (Å²) in [4.78, 5) is 0. The zero-order valence-corrected chi connectivity index (χ0v) is 7.48. The maximum absolute atomic E-state index is 5.43. The monoisotopic (exact) mass is 175 g/mol. The van der Waals surface area contributed by atoms with Crippen LogP contribution in [-0.2, 0) is 6.54 Å². The molecule has 0 spiro atoms. The lowest BCUT2D eigenvalue weighted by Gasteiger charge is -1.96. The summed E-state index contributed by atoms with van der Waals surface area (Å²) >= 11 is 0. The summed E-state index contributed by atoms with van der Waals surface area (Å²) in [6, 6.07) is 8.12. The Kier molecular flexibility index (Phi) is 2.27. The minimum atomic E-state index is 0.718. The van der Waals surface area contributed by atoms with Gasteiger partial charge in [-0.15, -0.1) is 0 Å². The van der Waals surface area contributed by atoms with Crippen molar-refractivity contribution in [1.29, 1.82) is 0 Å². The van der Waals surface area contributed by atoms with Crippen LogP contribution in [0.2, 0.25) is 0 Å². The lowest BCUT2D eigenvalue weighted by molar-refractivity contribution is 0.590. The second-order valence-corrected chi connectivity index (χ2v) is 3.09. The number of rotatable bonds is 3. The minimum absolute atomic E-state index is 0.718. The molecular weight excluding hydrogens is 162 g/mol. The van der Waals surface area contributed by atoms with Crippen molar-refractivity contribution in [3.63, 3.8) is 0 Å². The molecule has 0 saturated carbocycles. The summed E-state index contributed by atoms with van der Waals surface area (Å²) in [7, 11) is 0. The van der Waals surface area contributed by atoms with Gasteiger partial charge in [-0.05, 0) is 19.0 Å². The van der Waals surface area contributed by atoms with Crippen molar-refractivity contribution in [2.45, 2.75) is 13.0 Å². The molecule has 2 aromatic rings. The number of hydrogen-bond donors (Lipinski definition) is 1. The Morgan fingerprint density at radius 2 is 2.15 bits per heavy atom. The highest BCUT2D eigenvalue weighted by atomic mass is 15.3. The molecule has 0 atom stereocenters. The quantitative estimate of drug-likeness (QED) is 0.766. The van der Waals surface area contributed by atoms with E-state index in [1.54, 1.807) is 0 Å². The minimum Gasteiger partial charge on any atom is -0.330 e. The SMILES string of the molecule is NCCCn1cc2ccccc2n1. The normalized spacial score (nSPS) is 10.8. The summed E-state index contributed by atoms with van der Waals surface area (Å²) in [5.74, 6) is 0. The van der Waals surface area contributed by atoms with Gasteiger partial charge in [0.2, 0.25) is 0 Å². The molecule has 0 aliphatic carbocycles. The molecule has 0 aliphatic heterocycles. The van der Waals surface area contributed by atoms with E-state index in [9.17, 15) is 0 Å². The first-order valence-corrected chi connectivity index (χ1v) is 4.52. The van der Waals surface area contributed by atoms with Crippen LogP contribution in [0, 0.1) is 0 Å². The molecule has 2 N–H and O–H groups in total. The molecule has 0 fully saturated rings. The van der Waals surface area contributed by atoms with Crippen LogP contribution in [0.25, 0.3) is 10.9 Å². The third-order valence-electron chi connectivity index (χ3n) is 2.05. The van der Waals surface area contributed by atoms with Gasteiger partial charge in [0.1, 0.15) is 0 Å². The van der Waals surface area contributed by atoms with Crippen LogP contribution in [0.5, 0.6) is 0 Å². The molecule has 3 heteroatoms. The third kappa shape index (κ3) is 1.70. The van der Waals surface area contributed by atoms with E-state index in [2.05, 4.69) is 17.4 Å². The highest BCUT2D eigenvalue weighted by Gasteiger charge is 1.97. The van der Waals surface area contributed by atoms with E-state index < -0.39 is 0 Å². The fourth-order valence-electron chi connectivity index (χ4n) is 1.38. The van der Waals surface area contributed by atoms with E-state index in [0.29, 0.717) is 0 Å². The maximum atomic E-state index is 5.43. The van der Waals surface area contributed by atoms with Crippen molar-refractivity contribution in [3.05, 3.63) is 30.5 Å². The Morgan fingerprint density at radius 1 is 1.31 bits per heavy atom. The predicted molar refractivity (Wildman–Crippen MR) is 53.4 cm³/mol. The van der Waals surface area contributed by atoms with E-state index in [1.165, 1.54) is 5.39 Å². The number of nitrogens with zero attached hydrogens (tertiary/aromatic N) is 2. The smallest absolute Gasteiger partial charge is 0.0923 e. The zero-order valence-electron chi connectivity index (χ0n) is 7.48. The molecule has 3 nitrogen and oxygen atoms in total. The fraction of sp³-hybridized carbons (Fsp3) is 0.300. The molecule has 0 bridgehead atoms. The Bertz CT molecular complexity index is 359. The van der Waals surface area contributed by atoms with E-state index in [1.807, 2.05) is 22.9 Å². The molecule has 0 aliphatic rings. The van der Waals surface area contributed by atoms with E-state index in [0.717, 1.165) is 25.0 Å². The van der Waals surface area contributed by atoms with Crippen LogP contribution in [0.15, 0.2) is 30.5 Å². The molecule has 1 aromatic heterocycles. The first-order chi connectivity index (χ1) is 6.40. The molecule has 0 unspecified atom stereocenters. The number of nitrogens with two attached hydrogens (primary N) is 1. The molecule has 68 valence electrons. The Hall–Kier alpha value is -1.35. The molecule has 2 rings (SSSR count). The summed E-state index contributed by atoms with van der Waals surface area (Å²) in [5.41, 5.74) is 6.48. The van der Waals surface area contributed by atoms with Crippen molar-refractivity contribution in [3.8, 4) is 0 Å². The standard InChI is InChI=1S/C10H13N3/c11-6-3-7-13-8-9-4-1-2-5-10(9)12-13/h1-2,4-5,8H,3,6-7,11H2. The van der Waals surface area contributed by atoms with Crippen LogP contribution < -0.4 is 5.73 Å². The fourth-order valence-corrected chi connectivity index (χ4v) is 1.38. The van der Waals surface area contributed by atoms with Gasteiger partial charge >= 0.3 is 0 Å². The van der Waals surface area contributed by atoms with Crippen LogP contribution in [0.4, 0.5) is 0 Å². The molecule has 1 aromatic carbocycles. The molecule has 0 radical (unpaired) electrons. The number of aromatic nitrogens is 2. The summed E-state index contributed by atoms with van der Waals surface area (Å²) in [6.07, 6.45) is 3.04. The van der Waals surface area contributed by atoms with Crippen LogP contribution in [-0.4, -0.2) is 16.3 Å². The molecule has 13 heavy (non-hydrogen) atoms. The van der Waals surface area contributed by atoms with Gasteiger partial charge in [0.15, 0.2) is 0 Å². The van der Waals surface area contributed by atoms with Crippen molar-refractivity contribution in [1.82, 2.24) is 9.78 Å². The largest absolute Gasteiger partial charge is 0.330 e. The van der Waals surface area contributed by atoms with Gasteiger partial charge in [-0.2, -0.15) is 5.10 Å². The highest BCUT2D eigenvalue weighted by Crippen LogP contribution is 2.10. The van der Waals surface area contributed by atoms with Gasteiger partial charge in [0, 0.05) is 18.1 Å². The topological polar surface area (TPSA) is 43.8 Å². The number of aryl methyl sites for hydroxylation is 1. The molecule has 0 amide bonds. The van der Waals surface area contributed by atoms with Gasteiger partial charge in [0.05, 0.1) is 5.52 Å². The van der Waals surface area contributed by atoms with Crippen molar-refractivity contribution < 1.29 is 0 Å². The van der Waals surface area contributed by atoms with Crippen molar-refractivity contribution in [2.24, 2.45) is 5.73 Å². The van der Waals surface area contributed by atoms with Gasteiger partial charge in [-0.3, -0.25) is 4.68 Å². The maximum Gasteiger partial charge on any atom is 0.0923 e. The molecule has 0 saturated heterocycles. The Balaban J connectivity index is 2.28. The summed E-state index contributed by atoms with van der Waals surface area (Å²) in [6.45, 7) is 1.63. The van der Waals surface area contributed by atoms with Gasteiger partial charge in [0.25, 0.3) is 0 Å². The van der Waals surface area contributed by atoms with E-state index >= 15 is 0 Å². The zero-order chi connectivity index (χ0) is 9.10. The van der Waals surface area contributed by atoms with Crippen LogP contribution in [0.1, 0.15) is 6.42 Å². The van der Waals surface area contributed by atoms with Crippen LogP contribution in [0.3, 0.4) is 0 Å². The molecular formula is C10H13N3. The van der Waals surface area contributed by atoms with Gasteiger partial charge < -0.3 is 5.73 Å². The average Bonchev–Trinajstić information content (AvgIpc) is 2.57. The van der Waals surface area contributed by atoms with Crippen molar-refractivity contribution >= 4 is 10.9 Å². The first kappa shape index (κ1) is 8.26. The van der Waals surface area contributed by atoms with E-state index in [-0.39, 0.29) is 0 Å². The Morgan fingerprint density at radius 3 is 2.92 bits per heavy atom. The second kappa shape index (κ2) is 3.58. The van der Waals surface area contributed by atoms with Gasteiger partial charge in [-0.25, -0.2) is 0 Å².